The summed E-state index contributed by atoms with van der Waals surface area (Å²) < 4.78 is 2.56. The van der Waals surface area contributed by atoms with Gasteiger partial charge in [0.15, 0.2) is 0 Å². The normalized spacial score (nSPS) is 13.9. The monoisotopic (exact) mass is 1350 g/mol. The number of aryl methyl sites for hydroxylation is 3. The van der Waals surface area contributed by atoms with Gasteiger partial charge in [0.05, 0.1) is 16.2 Å². The van der Waals surface area contributed by atoms with Crippen LogP contribution in [-0.4, -0.2) is 0 Å². The quantitative estimate of drug-likeness (QED) is 0.127. The summed E-state index contributed by atoms with van der Waals surface area (Å²) in [5.74, 6) is 0. The van der Waals surface area contributed by atoms with Crippen molar-refractivity contribution in [1.82, 2.24) is 0 Å². The van der Waals surface area contributed by atoms with Crippen LogP contribution in [0.25, 0.3) is 75.8 Å². The first-order chi connectivity index (χ1) is 51.8. The van der Waals surface area contributed by atoms with Crippen LogP contribution in [0.5, 0.6) is 0 Å². The van der Waals surface area contributed by atoms with Gasteiger partial charge in [-0.15, -0.1) is 11.3 Å². The van der Waals surface area contributed by atoms with Gasteiger partial charge >= 0.3 is 0 Å². The predicted octanol–water partition coefficient (Wildman–Crippen LogP) is 26.7. The molecule has 0 amide bonds. The number of rotatable bonds is 11. The lowest BCUT2D eigenvalue weighted by atomic mass is 9.67. The summed E-state index contributed by atoms with van der Waals surface area (Å²) >= 11 is 1.87. The standard InChI is InChI=1S/C102H70N2S/c1-65-40-51-83-86-55-48-76(61-95(86)100(93(83)58-65,69-24-8-4-9-25-69)70-26-10-5-11-27-70)104(77-49-56-87-84-52-41-66(2)59-94(84)101(96(87)62-77,71-28-12-6-13-29-71)72-30-14-7-15-31-72)74-46-53-79(67(3)60-74)68-42-44-73(45-43-68)103(78-50-57-89-88-35-19-23-39-98(88)105-99(89)64-78)75-47-54-85-82-34-18-22-38-92(82)102(97(85)63-75)90-36-20-16-32-80(90)81-33-17-21-37-91(81)102/h4-64H,1-3H3. The van der Waals surface area contributed by atoms with E-state index in [1.54, 1.807) is 0 Å². The number of fused-ring (bicyclic) bond motifs is 19. The van der Waals surface area contributed by atoms with E-state index in [2.05, 4.69) is 401 Å². The fourth-order valence-electron chi connectivity index (χ4n) is 19.3. The molecule has 1 aromatic heterocycles. The highest BCUT2D eigenvalue weighted by atomic mass is 32.1. The van der Waals surface area contributed by atoms with E-state index in [9.17, 15) is 0 Å². The highest BCUT2D eigenvalue weighted by Crippen LogP contribution is 2.65. The lowest BCUT2D eigenvalue weighted by Gasteiger charge is -2.36. The average Bonchev–Trinajstić information content (AvgIpc) is 1.52. The Labute approximate surface area is 617 Å². The Bertz CT molecular complexity index is 6050. The molecule has 0 fully saturated rings. The molecule has 1 spiro atoms. The first-order valence-corrected chi connectivity index (χ1v) is 37.5. The van der Waals surface area contributed by atoms with E-state index in [0.29, 0.717) is 0 Å². The van der Waals surface area contributed by atoms with Crippen molar-refractivity contribution in [2.45, 2.75) is 37.0 Å². The summed E-state index contributed by atoms with van der Waals surface area (Å²) in [5.41, 5.74) is 36.5. The second kappa shape index (κ2) is 23.4. The van der Waals surface area contributed by atoms with Crippen molar-refractivity contribution in [3.63, 3.8) is 0 Å². The minimum absolute atomic E-state index is 0.486. The second-order valence-electron chi connectivity index (χ2n) is 29.1. The highest BCUT2D eigenvalue weighted by Gasteiger charge is 2.53. The van der Waals surface area contributed by atoms with E-state index in [1.807, 2.05) is 11.3 Å². The molecular weight excluding hydrogens is 1290 g/mol. The minimum atomic E-state index is -0.607. The zero-order chi connectivity index (χ0) is 69.7. The van der Waals surface area contributed by atoms with Crippen molar-refractivity contribution in [1.29, 1.82) is 0 Å². The van der Waals surface area contributed by atoms with Gasteiger partial charge in [-0.05, 0) is 228 Å². The second-order valence-corrected chi connectivity index (χ2v) is 30.2. The van der Waals surface area contributed by atoms with E-state index in [0.717, 1.165) is 39.7 Å². The van der Waals surface area contributed by atoms with Gasteiger partial charge in [0.2, 0.25) is 0 Å². The Morgan fingerprint density at radius 1 is 0.210 bits per heavy atom. The molecule has 0 saturated carbocycles. The molecule has 0 radical (unpaired) electrons. The molecule has 494 valence electrons. The maximum absolute atomic E-state index is 2.54. The molecule has 16 aromatic carbocycles. The number of hydrogen-bond acceptors (Lipinski definition) is 3. The van der Waals surface area contributed by atoms with E-state index in [4.69, 9.17) is 0 Å². The first kappa shape index (κ1) is 61.0. The van der Waals surface area contributed by atoms with Crippen LogP contribution >= 0.6 is 11.3 Å². The Kier molecular flexibility index (Phi) is 13.6. The van der Waals surface area contributed by atoms with Gasteiger partial charge < -0.3 is 9.80 Å². The van der Waals surface area contributed by atoms with Crippen LogP contribution in [0.4, 0.5) is 34.1 Å². The van der Waals surface area contributed by atoms with Crippen LogP contribution in [0.15, 0.2) is 370 Å². The largest absolute Gasteiger partial charge is 0.310 e. The van der Waals surface area contributed by atoms with Crippen molar-refractivity contribution >= 4 is 65.6 Å². The number of hydrogen-bond donors (Lipinski definition) is 0. The SMILES string of the molecule is Cc1ccc2c(c1)C(c1ccccc1)(c1ccccc1)c1cc(N(c3ccc(-c4ccc(N(c5ccc6c(c5)C5(c7ccccc7-c7ccccc75)c5ccccc5-6)c5ccc6c(c5)sc5ccccc56)cc4)c(C)c3)c3ccc4c(c3)C(c3ccccc3)(c3ccccc3)c3cc(C)ccc3-4)ccc1-2. The maximum atomic E-state index is 2.54. The molecule has 0 atom stereocenters. The molecule has 21 rings (SSSR count). The molecule has 4 aliphatic rings. The summed E-state index contributed by atoms with van der Waals surface area (Å²) in [6.45, 7) is 6.76. The smallest absolute Gasteiger partial charge is 0.0726 e. The molecule has 0 aliphatic heterocycles. The zero-order valence-electron chi connectivity index (χ0n) is 58.5. The lowest BCUT2D eigenvalue weighted by Crippen LogP contribution is -2.29. The summed E-state index contributed by atoms with van der Waals surface area (Å²) in [7, 11) is 0. The topological polar surface area (TPSA) is 6.48 Å². The van der Waals surface area contributed by atoms with Crippen LogP contribution in [-0.2, 0) is 16.2 Å². The molecule has 0 N–H and O–H groups in total. The van der Waals surface area contributed by atoms with E-state index in [1.165, 1.54) is 154 Å². The molecule has 17 aromatic rings. The minimum Gasteiger partial charge on any atom is -0.310 e. The number of nitrogens with zero attached hydrogens (tertiary/aromatic N) is 2. The Balaban J connectivity index is 0.737. The molecule has 0 unspecified atom stereocenters. The van der Waals surface area contributed by atoms with Crippen LogP contribution < -0.4 is 9.80 Å². The highest BCUT2D eigenvalue weighted by molar-refractivity contribution is 7.25. The molecule has 0 bridgehead atoms. The van der Waals surface area contributed by atoms with Crippen molar-refractivity contribution < 1.29 is 0 Å². The Morgan fingerprint density at radius 2 is 0.524 bits per heavy atom. The van der Waals surface area contributed by atoms with Crippen LogP contribution in [0.3, 0.4) is 0 Å². The van der Waals surface area contributed by atoms with Gasteiger partial charge in [-0.1, -0.05) is 302 Å². The van der Waals surface area contributed by atoms with Crippen LogP contribution in [0, 0.1) is 20.8 Å². The average molecular weight is 1360 g/mol. The van der Waals surface area contributed by atoms with Gasteiger partial charge in [0, 0.05) is 54.3 Å². The summed E-state index contributed by atoms with van der Waals surface area (Å²) in [4.78, 5) is 5.03. The maximum Gasteiger partial charge on any atom is 0.0726 e. The number of benzene rings is 16. The van der Waals surface area contributed by atoms with Gasteiger partial charge in [-0.3, -0.25) is 0 Å². The third kappa shape index (κ3) is 8.77. The summed E-state index contributed by atoms with van der Waals surface area (Å²) in [5, 5.41) is 2.58. The number of anilines is 6. The van der Waals surface area contributed by atoms with Crippen molar-refractivity contribution in [3.8, 4) is 55.6 Å². The van der Waals surface area contributed by atoms with Gasteiger partial charge in [0.25, 0.3) is 0 Å². The lowest BCUT2D eigenvalue weighted by molar-refractivity contribution is 0.766. The van der Waals surface area contributed by atoms with E-state index < -0.39 is 16.2 Å². The molecule has 3 heteroatoms. The van der Waals surface area contributed by atoms with Crippen LogP contribution in [0.1, 0.15) is 83.5 Å². The molecule has 2 nitrogen and oxygen atoms in total. The summed E-state index contributed by atoms with van der Waals surface area (Å²) in [6.07, 6.45) is 0. The number of thiophene rings is 1. The third-order valence-corrected chi connectivity index (χ3v) is 24.8. The fourth-order valence-corrected chi connectivity index (χ4v) is 20.5. The predicted molar refractivity (Wildman–Crippen MR) is 439 cm³/mol. The third-order valence-electron chi connectivity index (χ3n) is 23.7. The molecule has 4 aliphatic carbocycles. The Hall–Kier alpha value is -12.7. The van der Waals surface area contributed by atoms with Gasteiger partial charge in [-0.2, -0.15) is 0 Å². The first-order valence-electron chi connectivity index (χ1n) is 36.7. The molecule has 105 heavy (non-hydrogen) atoms. The van der Waals surface area contributed by atoms with E-state index in [-0.39, 0.29) is 0 Å². The molecule has 1 heterocycles. The van der Waals surface area contributed by atoms with Gasteiger partial charge in [0.1, 0.15) is 0 Å². The van der Waals surface area contributed by atoms with Crippen LogP contribution in [0.2, 0.25) is 0 Å². The zero-order valence-corrected chi connectivity index (χ0v) is 59.3. The summed E-state index contributed by atoms with van der Waals surface area (Å²) in [6, 6.07) is 141. The Morgan fingerprint density at radius 3 is 0.971 bits per heavy atom. The van der Waals surface area contributed by atoms with Crippen molar-refractivity contribution in [2.24, 2.45) is 0 Å². The van der Waals surface area contributed by atoms with E-state index >= 15 is 0 Å². The van der Waals surface area contributed by atoms with Crippen molar-refractivity contribution in [3.05, 3.63) is 454 Å². The van der Waals surface area contributed by atoms with Crippen molar-refractivity contribution in [2.75, 3.05) is 9.80 Å². The molecule has 0 saturated heterocycles. The fraction of sp³-hybridized carbons (Fsp3) is 0.0588. The van der Waals surface area contributed by atoms with Gasteiger partial charge in [-0.25, -0.2) is 0 Å². The molecular formula is C102H70N2S.